The first kappa shape index (κ1) is 8.92. The van der Waals surface area contributed by atoms with Crippen LogP contribution in [0.1, 0.15) is 12.8 Å². The Kier molecular flexibility index (Phi) is 2.83. The zero-order chi connectivity index (χ0) is 8.32. The van der Waals surface area contributed by atoms with Crippen molar-refractivity contribution < 1.29 is 17.7 Å². The molecule has 0 bridgehead atoms. The number of hydrogen-bond acceptors (Lipinski definition) is 3. The Morgan fingerprint density at radius 2 is 2.36 bits per heavy atom. The van der Waals surface area contributed by atoms with Gasteiger partial charge in [0.25, 0.3) is 0 Å². The standard InChI is InChI=1S/C5H11NO4S/c7-11(8,9)6-4-5-2-1-3-10-5/h5-6H,1-4H2,(H,7,8,9)/t5-/m1/s1. The third-order valence-corrected chi connectivity index (χ3v) is 2.05. The summed E-state index contributed by atoms with van der Waals surface area (Å²) in [6, 6.07) is 0. The van der Waals surface area contributed by atoms with Crippen LogP contribution < -0.4 is 4.72 Å². The molecule has 11 heavy (non-hydrogen) atoms. The zero-order valence-electron chi connectivity index (χ0n) is 5.99. The number of ether oxygens (including phenoxy) is 1. The van der Waals surface area contributed by atoms with Gasteiger partial charge in [-0.1, -0.05) is 0 Å². The van der Waals surface area contributed by atoms with Gasteiger partial charge in [0.2, 0.25) is 0 Å². The topological polar surface area (TPSA) is 75.6 Å². The highest BCUT2D eigenvalue weighted by Crippen LogP contribution is 2.10. The molecule has 1 fully saturated rings. The van der Waals surface area contributed by atoms with Crippen LogP contribution in [0.2, 0.25) is 0 Å². The Morgan fingerprint density at radius 3 is 2.82 bits per heavy atom. The third-order valence-electron chi connectivity index (χ3n) is 1.52. The predicted octanol–water partition coefficient (Wildman–Crippen LogP) is -0.442. The fourth-order valence-electron chi connectivity index (χ4n) is 1.00. The fraction of sp³-hybridized carbons (Fsp3) is 1.00. The molecule has 66 valence electrons. The lowest BCUT2D eigenvalue weighted by Crippen LogP contribution is -2.31. The molecule has 6 heteroatoms. The Hall–Kier alpha value is -0.170. The molecule has 1 heterocycles. The molecule has 1 saturated heterocycles. The van der Waals surface area contributed by atoms with E-state index in [0.717, 1.165) is 12.8 Å². The van der Waals surface area contributed by atoms with E-state index in [0.29, 0.717) is 6.61 Å². The van der Waals surface area contributed by atoms with Gasteiger partial charge in [0.05, 0.1) is 6.10 Å². The summed E-state index contributed by atoms with van der Waals surface area (Å²) in [5.74, 6) is 0. The Morgan fingerprint density at radius 1 is 1.64 bits per heavy atom. The van der Waals surface area contributed by atoms with Crippen molar-refractivity contribution in [2.75, 3.05) is 13.2 Å². The van der Waals surface area contributed by atoms with Crippen molar-refractivity contribution in [1.29, 1.82) is 0 Å². The molecular formula is C5H11NO4S. The highest BCUT2D eigenvalue weighted by molar-refractivity contribution is 7.83. The molecule has 0 spiro atoms. The molecule has 0 aromatic rings. The van der Waals surface area contributed by atoms with E-state index >= 15 is 0 Å². The highest BCUT2D eigenvalue weighted by Gasteiger charge is 2.16. The molecule has 1 rings (SSSR count). The van der Waals surface area contributed by atoms with E-state index in [4.69, 9.17) is 9.29 Å². The molecular weight excluding hydrogens is 170 g/mol. The molecule has 2 N–H and O–H groups in total. The van der Waals surface area contributed by atoms with E-state index in [9.17, 15) is 8.42 Å². The van der Waals surface area contributed by atoms with E-state index in [1.54, 1.807) is 0 Å². The van der Waals surface area contributed by atoms with Crippen LogP contribution in [0.4, 0.5) is 0 Å². The SMILES string of the molecule is O=S(=O)(O)NC[C@H]1CCCO1. The maximum atomic E-state index is 10.2. The summed E-state index contributed by atoms with van der Waals surface area (Å²) in [7, 11) is -4.04. The van der Waals surface area contributed by atoms with Crippen molar-refractivity contribution in [2.45, 2.75) is 18.9 Å². The molecule has 0 aromatic heterocycles. The van der Waals surface area contributed by atoms with Gasteiger partial charge in [-0.15, -0.1) is 0 Å². The van der Waals surface area contributed by atoms with Gasteiger partial charge < -0.3 is 4.74 Å². The summed E-state index contributed by atoms with van der Waals surface area (Å²) in [4.78, 5) is 0. The predicted molar refractivity (Wildman–Crippen MR) is 38.5 cm³/mol. The van der Waals surface area contributed by atoms with Crippen LogP contribution in [0.25, 0.3) is 0 Å². The molecule has 1 atom stereocenters. The van der Waals surface area contributed by atoms with E-state index in [-0.39, 0.29) is 12.6 Å². The Balaban J connectivity index is 2.22. The van der Waals surface area contributed by atoms with Crippen LogP contribution in [0.15, 0.2) is 0 Å². The first-order chi connectivity index (χ1) is 5.08. The van der Waals surface area contributed by atoms with Crippen molar-refractivity contribution in [3.63, 3.8) is 0 Å². The molecule has 0 saturated carbocycles. The minimum atomic E-state index is -4.04. The number of nitrogens with one attached hydrogen (secondary N) is 1. The molecule has 0 aliphatic carbocycles. The number of hydrogen-bond donors (Lipinski definition) is 2. The quantitative estimate of drug-likeness (QED) is 0.579. The molecule has 1 aliphatic heterocycles. The van der Waals surface area contributed by atoms with Gasteiger partial charge in [-0.3, -0.25) is 4.55 Å². The lowest BCUT2D eigenvalue weighted by molar-refractivity contribution is 0.114. The van der Waals surface area contributed by atoms with Crippen molar-refractivity contribution in [3.8, 4) is 0 Å². The maximum Gasteiger partial charge on any atom is 0.333 e. The van der Waals surface area contributed by atoms with Crippen LogP contribution >= 0.6 is 0 Å². The average Bonchev–Trinajstić information content (AvgIpc) is 2.32. The summed E-state index contributed by atoms with van der Waals surface area (Å²) < 4.78 is 35.7. The second kappa shape index (κ2) is 3.48. The molecule has 1 aliphatic rings. The summed E-state index contributed by atoms with van der Waals surface area (Å²) in [5.41, 5.74) is 0. The summed E-state index contributed by atoms with van der Waals surface area (Å²) in [6.45, 7) is 0.844. The van der Waals surface area contributed by atoms with Crippen LogP contribution in [0, 0.1) is 0 Å². The second-order valence-corrected chi connectivity index (χ2v) is 3.70. The zero-order valence-corrected chi connectivity index (χ0v) is 6.80. The summed E-state index contributed by atoms with van der Waals surface area (Å²) in [6.07, 6.45) is 1.73. The van der Waals surface area contributed by atoms with Crippen LogP contribution in [0.5, 0.6) is 0 Å². The van der Waals surface area contributed by atoms with Gasteiger partial charge in [-0.05, 0) is 12.8 Å². The third kappa shape index (κ3) is 3.66. The molecule has 0 radical (unpaired) electrons. The normalized spacial score (nSPS) is 25.7. The summed E-state index contributed by atoms with van der Waals surface area (Å²) in [5, 5.41) is 0. The molecule has 0 amide bonds. The van der Waals surface area contributed by atoms with E-state index in [1.807, 2.05) is 4.72 Å². The monoisotopic (exact) mass is 181 g/mol. The minimum absolute atomic E-state index is 0.0723. The van der Waals surface area contributed by atoms with Crippen LogP contribution in [0.3, 0.4) is 0 Å². The Labute approximate surface area is 65.6 Å². The van der Waals surface area contributed by atoms with Crippen molar-refractivity contribution >= 4 is 10.3 Å². The lowest BCUT2D eigenvalue weighted by atomic mass is 10.2. The Bertz CT molecular complexity index is 207. The van der Waals surface area contributed by atoms with E-state index in [1.165, 1.54) is 0 Å². The smallest absolute Gasteiger partial charge is 0.333 e. The van der Waals surface area contributed by atoms with Gasteiger partial charge >= 0.3 is 10.3 Å². The lowest BCUT2D eigenvalue weighted by Gasteiger charge is -2.07. The van der Waals surface area contributed by atoms with E-state index in [2.05, 4.69) is 0 Å². The molecule has 0 unspecified atom stereocenters. The fourth-order valence-corrected chi connectivity index (χ4v) is 1.40. The van der Waals surface area contributed by atoms with E-state index < -0.39 is 10.3 Å². The van der Waals surface area contributed by atoms with Crippen molar-refractivity contribution in [1.82, 2.24) is 4.72 Å². The first-order valence-electron chi connectivity index (χ1n) is 3.41. The van der Waals surface area contributed by atoms with Crippen molar-refractivity contribution in [3.05, 3.63) is 0 Å². The minimum Gasteiger partial charge on any atom is -0.377 e. The molecule has 0 aromatic carbocycles. The van der Waals surface area contributed by atoms with Gasteiger partial charge in [0.1, 0.15) is 0 Å². The number of rotatable bonds is 3. The van der Waals surface area contributed by atoms with Gasteiger partial charge in [-0.25, -0.2) is 0 Å². The summed E-state index contributed by atoms with van der Waals surface area (Å²) >= 11 is 0. The first-order valence-corrected chi connectivity index (χ1v) is 4.85. The second-order valence-electron chi connectivity index (χ2n) is 2.46. The maximum absolute atomic E-state index is 10.2. The highest BCUT2D eigenvalue weighted by atomic mass is 32.2. The van der Waals surface area contributed by atoms with Crippen LogP contribution in [-0.4, -0.2) is 32.2 Å². The van der Waals surface area contributed by atoms with Crippen molar-refractivity contribution in [2.24, 2.45) is 0 Å². The largest absolute Gasteiger partial charge is 0.377 e. The van der Waals surface area contributed by atoms with Gasteiger partial charge in [0.15, 0.2) is 0 Å². The van der Waals surface area contributed by atoms with Gasteiger partial charge in [-0.2, -0.15) is 13.1 Å². The average molecular weight is 181 g/mol. The molecule has 5 nitrogen and oxygen atoms in total. The van der Waals surface area contributed by atoms with Crippen LogP contribution in [-0.2, 0) is 15.0 Å². The van der Waals surface area contributed by atoms with Gasteiger partial charge in [0, 0.05) is 13.2 Å².